The maximum absolute atomic E-state index is 12.7. The van der Waals surface area contributed by atoms with Crippen molar-refractivity contribution in [3.63, 3.8) is 0 Å². The van der Waals surface area contributed by atoms with Crippen LogP contribution in [0.1, 0.15) is 132 Å². The SMILES string of the molecule is CCOB1Oc2c(cccc2C(=O)OCOC(=O)C(CC)CC)C[C@@H]1CC(=O)CC.CCO[B-]12OC(CC)=[NH+][C@H]1Cc1cccc(C(=O)OCOC(=O)C(CC)CC)c1O2. The van der Waals surface area contributed by atoms with Crippen LogP contribution < -0.4 is 14.3 Å². The predicted molar refractivity (Wildman–Crippen MR) is 222 cm³/mol. The summed E-state index contributed by atoms with van der Waals surface area (Å²) in [5, 5.41) is 0. The molecule has 3 atom stereocenters. The maximum atomic E-state index is 12.7. The van der Waals surface area contributed by atoms with Crippen LogP contribution >= 0.6 is 0 Å². The average molecular weight is 838 g/mol. The van der Waals surface area contributed by atoms with Gasteiger partial charge in [-0.3, -0.25) is 14.4 Å². The summed E-state index contributed by atoms with van der Waals surface area (Å²) in [5.41, 5.74) is 2.17. The average Bonchev–Trinajstić information content (AvgIpc) is 3.61. The van der Waals surface area contributed by atoms with Gasteiger partial charge in [0.2, 0.25) is 13.6 Å². The molecule has 5 rings (SSSR count). The van der Waals surface area contributed by atoms with Gasteiger partial charge in [-0.05, 0) is 69.2 Å². The van der Waals surface area contributed by atoms with E-state index >= 15 is 0 Å². The Morgan fingerprint density at radius 3 is 1.77 bits per heavy atom. The molecule has 15 nitrogen and oxygen atoms in total. The first kappa shape index (κ1) is 47.8. The lowest BCUT2D eigenvalue weighted by Gasteiger charge is -2.42. The van der Waals surface area contributed by atoms with Crippen LogP contribution in [-0.4, -0.2) is 82.2 Å². The molecule has 1 unspecified atom stereocenters. The minimum atomic E-state index is -2.11. The molecule has 0 saturated heterocycles. The highest BCUT2D eigenvalue weighted by molar-refractivity contribution is 6.65. The van der Waals surface area contributed by atoms with Gasteiger partial charge in [0.1, 0.15) is 23.0 Å². The molecule has 3 aliphatic rings. The van der Waals surface area contributed by atoms with Crippen molar-refractivity contribution >= 4 is 49.4 Å². The molecule has 0 radical (unpaired) electrons. The number of hydrogen-bond donors (Lipinski definition) is 1. The van der Waals surface area contributed by atoms with Crippen LogP contribution in [-0.2, 0) is 60.1 Å². The van der Waals surface area contributed by atoms with E-state index in [1.54, 1.807) is 24.3 Å². The van der Waals surface area contributed by atoms with Crippen LogP contribution in [0.15, 0.2) is 36.4 Å². The van der Waals surface area contributed by atoms with Crippen LogP contribution in [0.25, 0.3) is 0 Å². The Balaban J connectivity index is 0.000000265. The zero-order chi connectivity index (χ0) is 43.8. The van der Waals surface area contributed by atoms with Crippen LogP contribution in [0, 0.1) is 11.8 Å². The molecular formula is C43H61B2NO14. The first-order valence-electron chi connectivity index (χ1n) is 21.4. The van der Waals surface area contributed by atoms with Crippen molar-refractivity contribution in [1.29, 1.82) is 0 Å². The molecule has 0 bridgehead atoms. The highest BCUT2D eigenvalue weighted by atomic mass is 16.8. The predicted octanol–water partition coefficient (Wildman–Crippen LogP) is 5.50. The monoisotopic (exact) mass is 837 g/mol. The van der Waals surface area contributed by atoms with Gasteiger partial charge in [0, 0.05) is 38.3 Å². The summed E-state index contributed by atoms with van der Waals surface area (Å²) >= 11 is 0. The second-order valence-electron chi connectivity index (χ2n) is 14.8. The Labute approximate surface area is 353 Å². The molecule has 1 N–H and O–H groups in total. The highest BCUT2D eigenvalue weighted by Crippen LogP contribution is 2.38. The minimum Gasteiger partial charge on any atom is -0.655 e. The van der Waals surface area contributed by atoms with Gasteiger partial charge < -0.3 is 42.2 Å². The first-order chi connectivity index (χ1) is 28.9. The molecule has 60 heavy (non-hydrogen) atoms. The third-order valence-corrected chi connectivity index (χ3v) is 11.0. The fourth-order valence-corrected chi connectivity index (χ4v) is 7.47. The number of fused-ring (bicyclic) bond motifs is 3. The quantitative estimate of drug-likeness (QED) is 0.100. The van der Waals surface area contributed by atoms with E-state index in [9.17, 15) is 24.0 Å². The first-order valence-corrected chi connectivity index (χ1v) is 21.4. The van der Waals surface area contributed by atoms with E-state index in [2.05, 4.69) is 4.99 Å². The number of esters is 4. The number of Topliss-reactive ketones (excluding diaryl/α,β-unsaturated/α-hetero) is 1. The number of para-hydroxylation sites is 2. The maximum Gasteiger partial charge on any atom is 0.562 e. The smallest absolute Gasteiger partial charge is 0.562 e. The molecule has 2 aromatic rings. The van der Waals surface area contributed by atoms with Gasteiger partial charge in [-0.15, -0.1) is 0 Å². The number of carbonyl (C=O) groups excluding carboxylic acids is 5. The van der Waals surface area contributed by atoms with Crippen molar-refractivity contribution in [2.45, 2.75) is 125 Å². The zero-order valence-corrected chi connectivity index (χ0v) is 36.3. The largest absolute Gasteiger partial charge is 0.655 e. The third kappa shape index (κ3) is 11.9. The summed E-state index contributed by atoms with van der Waals surface area (Å²) in [4.78, 5) is 64.5. The van der Waals surface area contributed by atoms with E-state index in [1.807, 2.05) is 67.5 Å². The number of ether oxygens (including phenoxy) is 4. The van der Waals surface area contributed by atoms with Gasteiger partial charge in [-0.25, -0.2) is 14.6 Å². The second-order valence-corrected chi connectivity index (χ2v) is 14.8. The summed E-state index contributed by atoms with van der Waals surface area (Å²) in [7, 11) is -0.611. The number of benzene rings is 2. The van der Waals surface area contributed by atoms with E-state index in [4.69, 9.17) is 42.2 Å². The molecule has 3 heterocycles. The molecule has 0 spiro atoms. The van der Waals surface area contributed by atoms with Crippen molar-refractivity contribution in [2.24, 2.45) is 11.8 Å². The Morgan fingerprint density at radius 1 is 0.717 bits per heavy atom. The molecule has 2 aromatic carbocycles. The molecule has 0 aromatic heterocycles. The molecule has 0 amide bonds. The number of nitrogens with one attached hydrogen (secondary N) is 1. The lowest BCUT2D eigenvalue weighted by atomic mass is 9.64. The van der Waals surface area contributed by atoms with Gasteiger partial charge >= 0.3 is 37.8 Å². The van der Waals surface area contributed by atoms with Crippen LogP contribution in [0.5, 0.6) is 11.5 Å². The summed E-state index contributed by atoms with van der Waals surface area (Å²) in [6, 6.07) is 10.5. The molecule has 0 aliphatic carbocycles. The highest BCUT2D eigenvalue weighted by Gasteiger charge is 2.56. The van der Waals surface area contributed by atoms with Gasteiger partial charge in [0.05, 0.1) is 29.6 Å². The lowest BCUT2D eigenvalue weighted by Crippen LogP contribution is -2.84. The van der Waals surface area contributed by atoms with Crippen LogP contribution in [0.4, 0.5) is 0 Å². The fraction of sp³-hybridized carbons (Fsp3) is 0.581. The number of ketones is 1. The topological polar surface area (TPSA) is 182 Å². The van der Waals surface area contributed by atoms with Crippen LogP contribution in [0.2, 0.25) is 5.82 Å². The molecular weight excluding hydrogens is 776 g/mol. The Bertz CT molecular complexity index is 1830. The van der Waals surface area contributed by atoms with Crippen molar-refractivity contribution in [3.8, 4) is 11.5 Å². The summed E-state index contributed by atoms with van der Waals surface area (Å²) in [5.74, 6) is -1.05. The molecule has 0 saturated carbocycles. The molecule has 328 valence electrons. The number of carbonyl (C=O) groups is 5. The minimum absolute atomic E-state index is 0.114. The van der Waals surface area contributed by atoms with E-state index in [0.29, 0.717) is 88.4 Å². The van der Waals surface area contributed by atoms with Gasteiger partial charge in [0.25, 0.3) is 5.90 Å². The number of hydrogen-bond acceptors (Lipinski definition) is 14. The standard InChI is InChI=1S/C22H31BO7.C21H29BNO7/c1-5-15(6-2)21(25)27-14-28-22(26)19-11-9-10-16-12-17(13-18(24)7-3)23(29-8-4)30-20(16)19;1-5-14(6-2)20(24)26-13-27-21(25)16-11-9-10-15-12-17-22(28-8-4,30-19(15)16)29-18(7-3)23-17/h9-11,15,17H,5-8,12-14H2,1-4H3;9-11,14,17H,5-8,12-13H2,1-4H3/q;-1/p+1/t17-;17-,22?/m10/s1. The summed E-state index contributed by atoms with van der Waals surface area (Å²) in [6.45, 7) is 13.0. The number of rotatable bonds is 20. The lowest BCUT2D eigenvalue weighted by molar-refractivity contribution is -0.481. The fourth-order valence-electron chi connectivity index (χ4n) is 7.47. The van der Waals surface area contributed by atoms with Crippen LogP contribution in [0.3, 0.4) is 0 Å². The Kier molecular flexibility index (Phi) is 18.5. The van der Waals surface area contributed by atoms with Crippen molar-refractivity contribution in [3.05, 3.63) is 58.7 Å². The van der Waals surface area contributed by atoms with E-state index in [-0.39, 0.29) is 52.4 Å². The van der Waals surface area contributed by atoms with Crippen molar-refractivity contribution in [2.75, 3.05) is 26.8 Å². The van der Waals surface area contributed by atoms with Crippen molar-refractivity contribution in [1.82, 2.24) is 0 Å². The molecule has 17 heteroatoms. The van der Waals surface area contributed by atoms with Gasteiger partial charge in [-0.2, -0.15) is 0 Å². The van der Waals surface area contributed by atoms with E-state index in [0.717, 1.165) is 11.1 Å². The van der Waals surface area contributed by atoms with Crippen molar-refractivity contribution < 1.29 is 71.2 Å². The Hall–Kier alpha value is -4.89. The molecule has 0 fully saturated rings. The zero-order valence-electron chi connectivity index (χ0n) is 36.3. The summed E-state index contributed by atoms with van der Waals surface area (Å²) < 4.78 is 50.3. The van der Waals surface area contributed by atoms with Gasteiger partial charge in [0.15, 0.2) is 0 Å². The second kappa shape index (κ2) is 23.2. The van der Waals surface area contributed by atoms with E-state index in [1.165, 1.54) is 0 Å². The summed E-state index contributed by atoms with van der Waals surface area (Å²) in [6.07, 6.45) is 5.36. The Morgan fingerprint density at radius 2 is 1.27 bits per heavy atom. The molecule has 3 aliphatic heterocycles. The third-order valence-electron chi connectivity index (χ3n) is 11.0. The normalized spacial score (nSPS) is 18.6. The van der Waals surface area contributed by atoms with E-state index < -0.39 is 39.4 Å². The van der Waals surface area contributed by atoms with Gasteiger partial charge in [-0.1, -0.05) is 65.8 Å².